The third-order valence-corrected chi connectivity index (χ3v) is 3.91. The Labute approximate surface area is 168 Å². The summed E-state index contributed by atoms with van der Waals surface area (Å²) in [7, 11) is 0. The van der Waals surface area contributed by atoms with Crippen molar-refractivity contribution in [3.8, 4) is 23.6 Å². The molecule has 0 amide bonds. The Morgan fingerprint density at radius 3 is 2.43 bits per heavy atom. The SMILES string of the molecule is N#Cc1ccc(COc2cccc(Oc3cc(F)c(CC(=O)O)cc3F)n2)c(F)c1. The van der Waals surface area contributed by atoms with Gasteiger partial charge in [-0.25, -0.2) is 13.2 Å². The largest absolute Gasteiger partial charge is 0.481 e. The molecule has 152 valence electrons. The van der Waals surface area contributed by atoms with E-state index in [4.69, 9.17) is 19.8 Å². The molecule has 1 aromatic heterocycles. The van der Waals surface area contributed by atoms with Crippen molar-refractivity contribution in [1.29, 1.82) is 5.26 Å². The number of hydrogen-bond acceptors (Lipinski definition) is 5. The number of pyridine rings is 1. The van der Waals surface area contributed by atoms with Crippen molar-refractivity contribution >= 4 is 5.97 Å². The van der Waals surface area contributed by atoms with E-state index in [-0.39, 0.29) is 35.1 Å². The average Bonchev–Trinajstić information content (AvgIpc) is 2.70. The first-order valence-corrected chi connectivity index (χ1v) is 8.51. The van der Waals surface area contributed by atoms with Gasteiger partial charge in [-0.1, -0.05) is 12.1 Å². The Morgan fingerprint density at radius 1 is 1.00 bits per heavy atom. The first kappa shape index (κ1) is 20.7. The minimum atomic E-state index is -1.30. The predicted octanol–water partition coefficient (Wildman–Crippen LogP) is 4.37. The molecule has 0 bridgehead atoms. The van der Waals surface area contributed by atoms with Gasteiger partial charge in [0.1, 0.15) is 18.2 Å². The summed E-state index contributed by atoms with van der Waals surface area (Å²) >= 11 is 0. The van der Waals surface area contributed by atoms with Crippen molar-refractivity contribution in [2.75, 3.05) is 0 Å². The van der Waals surface area contributed by atoms with Crippen LogP contribution in [0.25, 0.3) is 0 Å². The van der Waals surface area contributed by atoms with Crippen LogP contribution in [-0.4, -0.2) is 16.1 Å². The molecule has 2 aromatic carbocycles. The summed E-state index contributed by atoms with van der Waals surface area (Å²) in [6, 6.07) is 11.5. The minimum absolute atomic E-state index is 0.0413. The Kier molecular flexibility index (Phi) is 6.17. The van der Waals surface area contributed by atoms with E-state index in [0.717, 1.165) is 18.2 Å². The first-order chi connectivity index (χ1) is 14.4. The van der Waals surface area contributed by atoms with E-state index < -0.39 is 35.6 Å². The van der Waals surface area contributed by atoms with Gasteiger partial charge in [0.15, 0.2) is 11.6 Å². The van der Waals surface area contributed by atoms with Crippen molar-refractivity contribution in [2.45, 2.75) is 13.0 Å². The Morgan fingerprint density at radius 2 is 1.73 bits per heavy atom. The molecule has 9 heteroatoms. The van der Waals surface area contributed by atoms with Crippen LogP contribution in [0.2, 0.25) is 0 Å². The molecular weight excluding hydrogens is 401 g/mol. The maximum atomic E-state index is 14.1. The quantitative estimate of drug-likeness (QED) is 0.617. The Hall–Kier alpha value is -4.06. The molecule has 30 heavy (non-hydrogen) atoms. The molecule has 0 radical (unpaired) electrons. The number of ether oxygens (including phenoxy) is 2. The lowest BCUT2D eigenvalue weighted by Crippen LogP contribution is -2.04. The fourth-order valence-electron chi connectivity index (χ4n) is 2.48. The lowest BCUT2D eigenvalue weighted by Gasteiger charge is -2.10. The molecule has 0 aliphatic carbocycles. The highest BCUT2D eigenvalue weighted by atomic mass is 19.1. The number of nitrogens with zero attached hydrogens (tertiary/aromatic N) is 2. The molecule has 1 N–H and O–H groups in total. The van der Waals surface area contributed by atoms with Gasteiger partial charge < -0.3 is 14.6 Å². The molecule has 0 fully saturated rings. The summed E-state index contributed by atoms with van der Waals surface area (Å²) in [6.07, 6.45) is -0.670. The molecular formula is C21H13F3N2O4. The minimum Gasteiger partial charge on any atom is -0.481 e. The fraction of sp³-hybridized carbons (Fsp3) is 0.0952. The van der Waals surface area contributed by atoms with Crippen LogP contribution < -0.4 is 9.47 Å². The van der Waals surface area contributed by atoms with Crippen molar-refractivity contribution in [3.05, 3.63) is 82.7 Å². The maximum Gasteiger partial charge on any atom is 0.307 e. The second kappa shape index (κ2) is 8.96. The Bertz CT molecular complexity index is 1150. The molecule has 1 heterocycles. The van der Waals surface area contributed by atoms with Crippen LogP contribution in [0.5, 0.6) is 17.5 Å². The van der Waals surface area contributed by atoms with E-state index >= 15 is 0 Å². The molecule has 0 saturated carbocycles. The smallest absolute Gasteiger partial charge is 0.307 e. The number of benzene rings is 2. The summed E-state index contributed by atoms with van der Waals surface area (Å²) in [6.45, 7) is -0.180. The summed E-state index contributed by atoms with van der Waals surface area (Å²) in [5.74, 6) is -4.35. The van der Waals surface area contributed by atoms with Crippen LogP contribution in [0, 0.1) is 28.8 Å². The van der Waals surface area contributed by atoms with Gasteiger partial charge in [0.05, 0.1) is 18.1 Å². The van der Waals surface area contributed by atoms with Gasteiger partial charge in [-0.15, -0.1) is 0 Å². The molecule has 3 aromatic rings. The average molecular weight is 414 g/mol. The van der Waals surface area contributed by atoms with Gasteiger partial charge in [0.25, 0.3) is 0 Å². The van der Waals surface area contributed by atoms with Crippen molar-refractivity contribution in [2.24, 2.45) is 0 Å². The van der Waals surface area contributed by atoms with Gasteiger partial charge in [-0.2, -0.15) is 10.2 Å². The van der Waals surface area contributed by atoms with E-state index in [1.165, 1.54) is 30.3 Å². The highest BCUT2D eigenvalue weighted by molar-refractivity contribution is 5.70. The molecule has 0 aliphatic heterocycles. The maximum absolute atomic E-state index is 14.1. The molecule has 0 saturated heterocycles. The van der Waals surface area contributed by atoms with E-state index in [2.05, 4.69) is 4.98 Å². The first-order valence-electron chi connectivity index (χ1n) is 8.51. The monoisotopic (exact) mass is 414 g/mol. The van der Waals surface area contributed by atoms with Gasteiger partial charge in [-0.3, -0.25) is 4.79 Å². The third-order valence-electron chi connectivity index (χ3n) is 3.91. The molecule has 0 atom stereocenters. The molecule has 0 aliphatic rings. The zero-order valence-electron chi connectivity index (χ0n) is 15.2. The standard InChI is InChI=1S/C21H13F3N2O4/c22-15-6-12(10-25)4-5-13(15)11-29-19-2-1-3-20(26-19)30-18-9-16(23)14(7-17(18)24)8-21(27)28/h1-7,9H,8,11H2,(H,27,28). The molecule has 3 rings (SSSR count). The number of carboxylic acid groups (broad SMARTS) is 1. The lowest BCUT2D eigenvalue weighted by molar-refractivity contribution is -0.136. The predicted molar refractivity (Wildman–Crippen MR) is 97.5 cm³/mol. The fourth-order valence-corrected chi connectivity index (χ4v) is 2.48. The highest BCUT2D eigenvalue weighted by Gasteiger charge is 2.15. The molecule has 0 unspecified atom stereocenters. The molecule has 0 spiro atoms. The Balaban J connectivity index is 1.72. The summed E-state index contributed by atoms with van der Waals surface area (Å²) in [5.41, 5.74) is 0.0551. The molecule has 6 nitrogen and oxygen atoms in total. The zero-order valence-corrected chi connectivity index (χ0v) is 15.2. The van der Waals surface area contributed by atoms with Crippen LogP contribution in [0.4, 0.5) is 13.2 Å². The van der Waals surface area contributed by atoms with E-state index in [1.54, 1.807) is 0 Å². The van der Waals surface area contributed by atoms with Crippen LogP contribution in [0.3, 0.4) is 0 Å². The van der Waals surface area contributed by atoms with Crippen LogP contribution in [0.1, 0.15) is 16.7 Å². The van der Waals surface area contributed by atoms with Crippen LogP contribution in [-0.2, 0) is 17.8 Å². The zero-order chi connectivity index (χ0) is 21.7. The van der Waals surface area contributed by atoms with E-state index in [0.29, 0.717) is 0 Å². The number of halogens is 3. The van der Waals surface area contributed by atoms with Crippen molar-refractivity contribution in [1.82, 2.24) is 4.98 Å². The highest BCUT2D eigenvalue weighted by Crippen LogP contribution is 2.27. The number of carbonyl (C=O) groups is 1. The second-order valence-electron chi connectivity index (χ2n) is 6.07. The van der Waals surface area contributed by atoms with E-state index in [9.17, 15) is 18.0 Å². The van der Waals surface area contributed by atoms with Crippen molar-refractivity contribution < 1.29 is 32.5 Å². The normalized spacial score (nSPS) is 10.3. The number of rotatable bonds is 7. The van der Waals surface area contributed by atoms with Gasteiger partial charge >= 0.3 is 5.97 Å². The van der Waals surface area contributed by atoms with Crippen LogP contribution in [0.15, 0.2) is 48.5 Å². The van der Waals surface area contributed by atoms with Gasteiger partial charge in [0.2, 0.25) is 11.8 Å². The summed E-state index contributed by atoms with van der Waals surface area (Å²) in [4.78, 5) is 14.7. The number of aliphatic carboxylic acids is 1. The van der Waals surface area contributed by atoms with Crippen molar-refractivity contribution in [3.63, 3.8) is 0 Å². The topological polar surface area (TPSA) is 92.4 Å². The second-order valence-corrected chi connectivity index (χ2v) is 6.07. The van der Waals surface area contributed by atoms with E-state index in [1.807, 2.05) is 6.07 Å². The van der Waals surface area contributed by atoms with Gasteiger partial charge in [0, 0.05) is 29.3 Å². The summed E-state index contributed by atoms with van der Waals surface area (Å²) in [5, 5.41) is 17.5. The van der Waals surface area contributed by atoms with Gasteiger partial charge in [-0.05, 0) is 18.2 Å². The number of nitriles is 1. The summed E-state index contributed by atoms with van der Waals surface area (Å²) < 4.78 is 52.6. The number of carboxylic acids is 1. The third kappa shape index (κ3) is 5.05. The number of aromatic nitrogens is 1. The van der Waals surface area contributed by atoms with Crippen LogP contribution >= 0.6 is 0 Å². The number of hydrogen-bond donors (Lipinski definition) is 1. The lowest BCUT2D eigenvalue weighted by atomic mass is 10.1.